The average molecular weight is 264 g/mol. The van der Waals surface area contributed by atoms with Crippen LogP contribution in [0.4, 0.5) is 0 Å². The van der Waals surface area contributed by atoms with Gasteiger partial charge in [-0.3, -0.25) is 4.90 Å². The van der Waals surface area contributed by atoms with Crippen LogP contribution in [0.5, 0.6) is 11.5 Å². The minimum Gasteiger partial charge on any atom is -0.490 e. The third-order valence-electron chi connectivity index (χ3n) is 3.63. The number of hydrogen-bond donors (Lipinski definition) is 1. The Kier molecular flexibility index (Phi) is 5.05. The van der Waals surface area contributed by atoms with Gasteiger partial charge in [-0.15, -0.1) is 0 Å². The Morgan fingerprint density at radius 3 is 2.74 bits per heavy atom. The van der Waals surface area contributed by atoms with Gasteiger partial charge in [-0.2, -0.15) is 0 Å². The van der Waals surface area contributed by atoms with Gasteiger partial charge in [-0.25, -0.2) is 0 Å². The third kappa shape index (κ3) is 3.61. The van der Waals surface area contributed by atoms with E-state index in [-0.39, 0.29) is 0 Å². The van der Waals surface area contributed by atoms with Crippen molar-refractivity contribution in [2.75, 3.05) is 33.4 Å². The van der Waals surface area contributed by atoms with Crippen LogP contribution >= 0.6 is 0 Å². The highest BCUT2D eigenvalue weighted by atomic mass is 16.5. The van der Waals surface area contributed by atoms with Crippen LogP contribution in [0.3, 0.4) is 0 Å². The Hall–Kier alpha value is -1.26. The second-order valence-electron chi connectivity index (χ2n) is 5.06. The summed E-state index contributed by atoms with van der Waals surface area (Å²) in [6.07, 6.45) is 1.96. The first kappa shape index (κ1) is 14.2. The van der Waals surface area contributed by atoms with Crippen LogP contribution in [0.2, 0.25) is 0 Å². The fourth-order valence-corrected chi connectivity index (χ4v) is 2.23. The van der Waals surface area contributed by atoms with Crippen LogP contribution in [0.25, 0.3) is 0 Å². The van der Waals surface area contributed by atoms with Crippen molar-refractivity contribution in [3.63, 3.8) is 0 Å². The van der Waals surface area contributed by atoms with Gasteiger partial charge in [0.15, 0.2) is 11.5 Å². The fraction of sp³-hybridized carbons (Fsp3) is 0.600. The number of benzene rings is 1. The summed E-state index contributed by atoms with van der Waals surface area (Å²) in [4.78, 5) is 2.31. The number of nitrogens with zero attached hydrogens (tertiary/aromatic N) is 1. The van der Waals surface area contributed by atoms with Crippen LogP contribution in [0.15, 0.2) is 18.2 Å². The highest BCUT2D eigenvalue weighted by Crippen LogP contribution is 2.33. The predicted molar refractivity (Wildman–Crippen MR) is 76.8 cm³/mol. The standard InChI is InChI=1S/C15H24N2O2/c1-12(17(2)8-3-7-16)13-5-6-14-15(11-13)19-10-4-9-18-14/h5-6,11-12H,3-4,7-10,16H2,1-2H3. The molecular weight excluding hydrogens is 240 g/mol. The maximum Gasteiger partial charge on any atom is 0.161 e. The molecule has 19 heavy (non-hydrogen) atoms. The summed E-state index contributed by atoms with van der Waals surface area (Å²) in [5, 5.41) is 0. The van der Waals surface area contributed by atoms with E-state index in [0.717, 1.165) is 50.6 Å². The third-order valence-corrected chi connectivity index (χ3v) is 3.63. The van der Waals surface area contributed by atoms with E-state index in [0.29, 0.717) is 6.04 Å². The van der Waals surface area contributed by atoms with Gasteiger partial charge in [0.05, 0.1) is 13.2 Å². The summed E-state index contributed by atoms with van der Waals surface area (Å²) in [5.41, 5.74) is 6.81. The topological polar surface area (TPSA) is 47.7 Å². The molecule has 2 N–H and O–H groups in total. The molecule has 1 aromatic carbocycles. The van der Waals surface area contributed by atoms with Crippen molar-refractivity contribution in [2.45, 2.75) is 25.8 Å². The normalized spacial score (nSPS) is 16.2. The minimum atomic E-state index is 0.351. The SMILES string of the molecule is CC(c1ccc2c(c1)OCCCO2)N(C)CCCN. The molecule has 1 aliphatic rings. The summed E-state index contributed by atoms with van der Waals surface area (Å²) in [5.74, 6) is 1.73. The molecule has 106 valence electrons. The smallest absolute Gasteiger partial charge is 0.161 e. The molecule has 0 bridgehead atoms. The molecule has 0 radical (unpaired) electrons. The van der Waals surface area contributed by atoms with Gasteiger partial charge in [0.25, 0.3) is 0 Å². The molecule has 0 aliphatic carbocycles. The molecule has 1 aliphatic heterocycles. The molecule has 0 aromatic heterocycles. The molecule has 4 heteroatoms. The second-order valence-corrected chi connectivity index (χ2v) is 5.06. The fourth-order valence-electron chi connectivity index (χ4n) is 2.23. The molecule has 1 atom stereocenters. The van der Waals surface area contributed by atoms with E-state index < -0.39 is 0 Å². The molecule has 0 fully saturated rings. The van der Waals surface area contributed by atoms with Crippen molar-refractivity contribution < 1.29 is 9.47 Å². The molecule has 4 nitrogen and oxygen atoms in total. The summed E-state index contributed by atoms with van der Waals surface area (Å²) in [7, 11) is 2.13. The molecule has 0 spiro atoms. The van der Waals surface area contributed by atoms with Gasteiger partial charge in [0.2, 0.25) is 0 Å². The summed E-state index contributed by atoms with van der Waals surface area (Å²) < 4.78 is 11.4. The molecule has 1 aromatic rings. The van der Waals surface area contributed by atoms with E-state index in [1.165, 1.54) is 5.56 Å². The summed E-state index contributed by atoms with van der Waals surface area (Å²) in [6.45, 7) is 5.41. The summed E-state index contributed by atoms with van der Waals surface area (Å²) >= 11 is 0. The Bertz CT molecular complexity index is 409. The van der Waals surface area contributed by atoms with Crippen molar-refractivity contribution in [3.8, 4) is 11.5 Å². The average Bonchev–Trinajstić information content (AvgIpc) is 2.68. The molecule has 2 rings (SSSR count). The maximum absolute atomic E-state index is 5.74. The van der Waals surface area contributed by atoms with E-state index in [4.69, 9.17) is 15.2 Å². The largest absolute Gasteiger partial charge is 0.490 e. The van der Waals surface area contributed by atoms with Crippen molar-refractivity contribution in [1.82, 2.24) is 4.90 Å². The number of fused-ring (bicyclic) bond motifs is 1. The predicted octanol–water partition coefficient (Wildman–Crippen LogP) is 2.19. The quantitative estimate of drug-likeness (QED) is 0.885. The Morgan fingerprint density at radius 1 is 1.26 bits per heavy atom. The van der Waals surface area contributed by atoms with Gasteiger partial charge in [0, 0.05) is 12.5 Å². The van der Waals surface area contributed by atoms with Crippen LogP contribution in [0, 0.1) is 0 Å². The van der Waals surface area contributed by atoms with Gasteiger partial charge in [-0.05, 0) is 51.2 Å². The van der Waals surface area contributed by atoms with E-state index in [1.807, 2.05) is 6.07 Å². The Labute approximate surface area is 115 Å². The van der Waals surface area contributed by atoms with Gasteiger partial charge < -0.3 is 15.2 Å². The Balaban J connectivity index is 2.09. The van der Waals surface area contributed by atoms with Crippen LogP contribution < -0.4 is 15.2 Å². The van der Waals surface area contributed by atoms with Crippen molar-refractivity contribution >= 4 is 0 Å². The van der Waals surface area contributed by atoms with Gasteiger partial charge in [0.1, 0.15) is 0 Å². The molecule has 0 saturated heterocycles. The molecular formula is C15H24N2O2. The molecule has 1 heterocycles. The number of nitrogens with two attached hydrogens (primary N) is 1. The lowest BCUT2D eigenvalue weighted by atomic mass is 10.1. The van der Waals surface area contributed by atoms with Crippen molar-refractivity contribution in [2.24, 2.45) is 5.73 Å². The van der Waals surface area contributed by atoms with E-state index in [2.05, 4.69) is 31.0 Å². The molecule has 1 unspecified atom stereocenters. The zero-order valence-electron chi connectivity index (χ0n) is 11.9. The minimum absolute atomic E-state index is 0.351. The second kappa shape index (κ2) is 6.78. The lowest BCUT2D eigenvalue weighted by molar-refractivity contribution is 0.258. The lowest BCUT2D eigenvalue weighted by Gasteiger charge is -2.25. The van der Waals surface area contributed by atoms with E-state index >= 15 is 0 Å². The number of rotatable bonds is 5. The van der Waals surface area contributed by atoms with Crippen LogP contribution in [0.1, 0.15) is 31.4 Å². The molecule has 0 saturated carbocycles. The zero-order chi connectivity index (χ0) is 13.7. The molecule has 0 amide bonds. The number of ether oxygens (including phenoxy) is 2. The van der Waals surface area contributed by atoms with E-state index in [1.54, 1.807) is 0 Å². The van der Waals surface area contributed by atoms with Crippen molar-refractivity contribution in [1.29, 1.82) is 0 Å². The lowest BCUT2D eigenvalue weighted by Crippen LogP contribution is -2.25. The van der Waals surface area contributed by atoms with Crippen LogP contribution in [-0.4, -0.2) is 38.3 Å². The Morgan fingerprint density at radius 2 is 2.00 bits per heavy atom. The monoisotopic (exact) mass is 264 g/mol. The maximum atomic E-state index is 5.74. The first-order valence-corrected chi connectivity index (χ1v) is 7.02. The van der Waals surface area contributed by atoms with Gasteiger partial charge >= 0.3 is 0 Å². The highest BCUT2D eigenvalue weighted by molar-refractivity contribution is 5.44. The number of hydrogen-bond acceptors (Lipinski definition) is 4. The summed E-state index contributed by atoms with van der Waals surface area (Å²) in [6, 6.07) is 6.59. The van der Waals surface area contributed by atoms with Gasteiger partial charge in [-0.1, -0.05) is 6.07 Å². The first-order valence-electron chi connectivity index (χ1n) is 7.02. The first-order chi connectivity index (χ1) is 9.22. The zero-order valence-corrected chi connectivity index (χ0v) is 11.9. The van der Waals surface area contributed by atoms with Crippen molar-refractivity contribution in [3.05, 3.63) is 23.8 Å². The van der Waals surface area contributed by atoms with Crippen LogP contribution in [-0.2, 0) is 0 Å². The van der Waals surface area contributed by atoms with E-state index in [9.17, 15) is 0 Å². The highest BCUT2D eigenvalue weighted by Gasteiger charge is 2.16.